The molecule has 0 aliphatic heterocycles. The predicted octanol–water partition coefficient (Wildman–Crippen LogP) is 3.62. The molecular formula is C11H16. The van der Waals surface area contributed by atoms with Crippen LogP contribution in [0, 0.1) is 0 Å². The second-order valence-corrected chi connectivity index (χ2v) is 2.99. The Hall–Kier alpha value is -0.780. The van der Waals surface area contributed by atoms with Crippen LogP contribution in [0.4, 0.5) is 0 Å². The SMILES string of the molecule is C=C1CC/C1=C/C(=C\C)CC. The summed E-state index contributed by atoms with van der Waals surface area (Å²) in [6.45, 7) is 8.25. The van der Waals surface area contributed by atoms with E-state index in [1.54, 1.807) is 0 Å². The van der Waals surface area contributed by atoms with E-state index in [1.165, 1.54) is 29.6 Å². The molecule has 11 heavy (non-hydrogen) atoms. The van der Waals surface area contributed by atoms with Gasteiger partial charge in [-0.25, -0.2) is 0 Å². The Morgan fingerprint density at radius 2 is 2.27 bits per heavy atom. The van der Waals surface area contributed by atoms with Crippen molar-refractivity contribution in [3.05, 3.63) is 35.5 Å². The molecule has 0 aromatic carbocycles. The second kappa shape index (κ2) is 3.56. The molecule has 0 bridgehead atoms. The highest BCUT2D eigenvalue weighted by atomic mass is 14.2. The molecule has 0 amide bonds. The molecule has 1 fully saturated rings. The van der Waals surface area contributed by atoms with Gasteiger partial charge in [0.15, 0.2) is 0 Å². The molecule has 0 radical (unpaired) electrons. The van der Waals surface area contributed by atoms with Gasteiger partial charge in [0.05, 0.1) is 0 Å². The van der Waals surface area contributed by atoms with Gasteiger partial charge in [0.2, 0.25) is 0 Å². The summed E-state index contributed by atoms with van der Waals surface area (Å²) in [4.78, 5) is 0. The first kappa shape index (κ1) is 8.32. The highest BCUT2D eigenvalue weighted by molar-refractivity contribution is 5.42. The zero-order valence-corrected chi connectivity index (χ0v) is 7.48. The first-order chi connectivity index (χ1) is 5.27. The Morgan fingerprint density at radius 3 is 2.55 bits per heavy atom. The fourth-order valence-electron chi connectivity index (χ4n) is 1.23. The summed E-state index contributed by atoms with van der Waals surface area (Å²) in [7, 11) is 0. The van der Waals surface area contributed by atoms with Crippen LogP contribution in [0.2, 0.25) is 0 Å². The third-order valence-corrected chi connectivity index (χ3v) is 2.29. The van der Waals surface area contributed by atoms with Crippen LogP contribution in [0.5, 0.6) is 0 Å². The lowest BCUT2D eigenvalue weighted by atomic mass is 9.85. The molecular weight excluding hydrogens is 132 g/mol. The highest BCUT2D eigenvalue weighted by Crippen LogP contribution is 2.32. The van der Waals surface area contributed by atoms with Crippen LogP contribution in [-0.2, 0) is 0 Å². The Balaban J connectivity index is 2.64. The summed E-state index contributed by atoms with van der Waals surface area (Å²) in [5, 5.41) is 0. The molecule has 1 saturated carbocycles. The summed E-state index contributed by atoms with van der Waals surface area (Å²) in [6, 6.07) is 0. The van der Waals surface area contributed by atoms with Gasteiger partial charge < -0.3 is 0 Å². The zero-order valence-electron chi connectivity index (χ0n) is 7.48. The average molecular weight is 148 g/mol. The van der Waals surface area contributed by atoms with E-state index in [-0.39, 0.29) is 0 Å². The Kier molecular flexibility index (Phi) is 2.70. The number of allylic oxidation sites excluding steroid dienone is 5. The maximum atomic E-state index is 3.97. The van der Waals surface area contributed by atoms with Gasteiger partial charge in [0, 0.05) is 0 Å². The van der Waals surface area contributed by atoms with Crippen molar-refractivity contribution in [1.82, 2.24) is 0 Å². The highest BCUT2D eigenvalue weighted by Gasteiger charge is 2.12. The van der Waals surface area contributed by atoms with Crippen molar-refractivity contribution in [3.63, 3.8) is 0 Å². The van der Waals surface area contributed by atoms with E-state index < -0.39 is 0 Å². The average Bonchev–Trinajstić information content (AvgIpc) is 2.04. The lowest BCUT2D eigenvalue weighted by Gasteiger charge is -2.20. The number of hydrogen-bond acceptors (Lipinski definition) is 0. The fourth-order valence-corrected chi connectivity index (χ4v) is 1.23. The molecule has 0 unspecified atom stereocenters. The molecule has 0 heteroatoms. The van der Waals surface area contributed by atoms with Crippen molar-refractivity contribution < 1.29 is 0 Å². The maximum Gasteiger partial charge on any atom is -0.0236 e. The molecule has 60 valence electrons. The standard InChI is InChI=1S/C11H16/c1-4-10(5-2)8-11-7-6-9(11)3/h4,8H,3,5-7H2,1-2H3/b10-4-,11-8-. The topological polar surface area (TPSA) is 0 Å². The molecule has 0 saturated heterocycles. The minimum Gasteiger partial charge on any atom is -0.0955 e. The molecule has 1 aliphatic carbocycles. The van der Waals surface area contributed by atoms with Crippen LogP contribution in [-0.4, -0.2) is 0 Å². The van der Waals surface area contributed by atoms with E-state index in [2.05, 4.69) is 32.6 Å². The largest absolute Gasteiger partial charge is 0.0955 e. The zero-order chi connectivity index (χ0) is 8.27. The molecule has 0 aromatic heterocycles. The quantitative estimate of drug-likeness (QED) is 0.561. The Bertz CT molecular complexity index is 216. The van der Waals surface area contributed by atoms with Crippen LogP contribution in [0.1, 0.15) is 33.1 Å². The van der Waals surface area contributed by atoms with E-state index in [1.807, 2.05) is 0 Å². The van der Waals surface area contributed by atoms with E-state index in [0.29, 0.717) is 0 Å². The van der Waals surface area contributed by atoms with Crippen molar-refractivity contribution in [1.29, 1.82) is 0 Å². The maximum absolute atomic E-state index is 3.97. The third-order valence-electron chi connectivity index (χ3n) is 2.29. The first-order valence-electron chi connectivity index (χ1n) is 4.31. The smallest absolute Gasteiger partial charge is 0.0236 e. The van der Waals surface area contributed by atoms with E-state index in [0.717, 1.165) is 6.42 Å². The van der Waals surface area contributed by atoms with Gasteiger partial charge in [0.1, 0.15) is 0 Å². The van der Waals surface area contributed by atoms with Gasteiger partial charge in [-0.3, -0.25) is 0 Å². The van der Waals surface area contributed by atoms with Gasteiger partial charge in [-0.1, -0.05) is 36.8 Å². The Morgan fingerprint density at radius 1 is 1.55 bits per heavy atom. The minimum atomic E-state index is 1.13. The molecule has 1 aliphatic rings. The number of rotatable bonds is 2. The summed E-state index contributed by atoms with van der Waals surface area (Å²) < 4.78 is 0. The van der Waals surface area contributed by atoms with Crippen molar-refractivity contribution >= 4 is 0 Å². The van der Waals surface area contributed by atoms with E-state index in [4.69, 9.17) is 0 Å². The van der Waals surface area contributed by atoms with Gasteiger partial charge in [-0.05, 0) is 31.8 Å². The normalized spacial score (nSPS) is 22.2. The molecule has 0 nitrogen and oxygen atoms in total. The van der Waals surface area contributed by atoms with Crippen LogP contribution in [0.15, 0.2) is 35.5 Å². The van der Waals surface area contributed by atoms with Crippen LogP contribution in [0.3, 0.4) is 0 Å². The van der Waals surface area contributed by atoms with Crippen LogP contribution >= 0.6 is 0 Å². The molecule has 0 atom stereocenters. The molecule has 1 rings (SSSR count). The summed E-state index contributed by atoms with van der Waals surface area (Å²) in [6.07, 6.45) is 8.03. The monoisotopic (exact) mass is 148 g/mol. The van der Waals surface area contributed by atoms with E-state index in [9.17, 15) is 0 Å². The van der Waals surface area contributed by atoms with Gasteiger partial charge >= 0.3 is 0 Å². The minimum absolute atomic E-state index is 1.13. The lowest BCUT2D eigenvalue weighted by molar-refractivity contribution is 0.825. The first-order valence-corrected chi connectivity index (χ1v) is 4.31. The molecule has 0 spiro atoms. The van der Waals surface area contributed by atoms with Crippen molar-refractivity contribution in [2.45, 2.75) is 33.1 Å². The van der Waals surface area contributed by atoms with E-state index >= 15 is 0 Å². The van der Waals surface area contributed by atoms with Gasteiger partial charge in [-0.15, -0.1) is 0 Å². The predicted molar refractivity (Wildman–Crippen MR) is 50.5 cm³/mol. The molecule has 0 N–H and O–H groups in total. The summed E-state index contributed by atoms with van der Waals surface area (Å²) in [5.41, 5.74) is 4.22. The Labute approximate surface area is 69.3 Å². The van der Waals surface area contributed by atoms with Crippen LogP contribution < -0.4 is 0 Å². The van der Waals surface area contributed by atoms with Crippen LogP contribution in [0.25, 0.3) is 0 Å². The fraction of sp³-hybridized carbons (Fsp3) is 0.455. The van der Waals surface area contributed by atoms with Crippen molar-refractivity contribution in [2.24, 2.45) is 0 Å². The molecule has 0 heterocycles. The van der Waals surface area contributed by atoms with Gasteiger partial charge in [0.25, 0.3) is 0 Å². The number of hydrogen-bond donors (Lipinski definition) is 0. The summed E-state index contributed by atoms with van der Waals surface area (Å²) >= 11 is 0. The van der Waals surface area contributed by atoms with Gasteiger partial charge in [-0.2, -0.15) is 0 Å². The summed E-state index contributed by atoms with van der Waals surface area (Å²) in [5.74, 6) is 0. The van der Waals surface area contributed by atoms with Crippen molar-refractivity contribution in [2.75, 3.05) is 0 Å². The van der Waals surface area contributed by atoms with Crippen molar-refractivity contribution in [3.8, 4) is 0 Å². The third kappa shape index (κ3) is 1.83. The molecule has 0 aromatic rings. The second-order valence-electron chi connectivity index (χ2n) is 2.99. The lowest BCUT2D eigenvalue weighted by Crippen LogP contribution is -2.01.